The maximum atomic E-state index is 6.42. The average molecular weight is 251 g/mol. The van der Waals surface area contributed by atoms with Crippen molar-refractivity contribution >= 4 is 23.2 Å². The van der Waals surface area contributed by atoms with Gasteiger partial charge in [-0.2, -0.15) is 0 Å². The lowest BCUT2D eigenvalue weighted by Gasteiger charge is -2.47. The highest BCUT2D eigenvalue weighted by molar-refractivity contribution is 6.48. The summed E-state index contributed by atoms with van der Waals surface area (Å²) in [4.78, 5) is 3.91. The molecule has 0 amide bonds. The minimum atomic E-state index is -1.00. The van der Waals surface area contributed by atoms with Crippen molar-refractivity contribution in [3.8, 4) is 0 Å². The van der Waals surface area contributed by atoms with Gasteiger partial charge in [-0.3, -0.25) is 0 Å². The van der Waals surface area contributed by atoms with E-state index in [0.29, 0.717) is 0 Å². The summed E-state index contributed by atoms with van der Waals surface area (Å²) < 4.78 is -1.00. The van der Waals surface area contributed by atoms with E-state index in [2.05, 4.69) is 41.5 Å². The Balaban J connectivity index is 3.01. The smallest absolute Gasteiger partial charge is 0.270 e. The first kappa shape index (κ1) is 13.0. The Kier molecular flexibility index (Phi) is 2.99. The van der Waals surface area contributed by atoms with Crippen molar-refractivity contribution in [1.29, 1.82) is 0 Å². The fourth-order valence-corrected chi connectivity index (χ4v) is 2.92. The second-order valence-corrected chi connectivity index (χ2v) is 7.14. The summed E-state index contributed by atoms with van der Waals surface area (Å²) in [5.41, 5.74) is -0.194. The quantitative estimate of drug-likeness (QED) is 0.477. The summed E-state index contributed by atoms with van der Waals surface area (Å²) in [6, 6.07) is 0. The first-order valence-electron chi connectivity index (χ1n) is 5.12. The Morgan fingerprint density at radius 2 is 1.07 bits per heavy atom. The van der Waals surface area contributed by atoms with Crippen LogP contribution in [0.15, 0.2) is 12.4 Å². The summed E-state index contributed by atoms with van der Waals surface area (Å²) >= 11 is 12.8. The van der Waals surface area contributed by atoms with Crippen LogP contribution in [0.2, 0.25) is 0 Å². The van der Waals surface area contributed by atoms with Crippen molar-refractivity contribution < 1.29 is 0 Å². The molecule has 0 unspecified atom stereocenters. The third-order valence-corrected chi connectivity index (χ3v) is 3.12. The van der Waals surface area contributed by atoms with Gasteiger partial charge in [0.2, 0.25) is 0 Å². The summed E-state index contributed by atoms with van der Waals surface area (Å²) in [5.74, 6) is 0. The highest BCUT2D eigenvalue weighted by atomic mass is 35.5. The number of nitrogens with zero attached hydrogens (tertiary/aromatic N) is 2. The molecule has 1 aliphatic heterocycles. The fraction of sp³-hybridized carbons (Fsp3) is 0.818. The fourth-order valence-electron chi connectivity index (χ4n) is 1.68. The van der Waals surface area contributed by atoms with Crippen LogP contribution >= 0.6 is 23.2 Å². The molecular formula is C11H20Cl2N2. The Labute approximate surface area is 103 Å². The van der Waals surface area contributed by atoms with Gasteiger partial charge < -0.3 is 9.80 Å². The summed E-state index contributed by atoms with van der Waals surface area (Å²) in [6.07, 6.45) is 3.90. The molecule has 0 aromatic carbocycles. The largest absolute Gasteiger partial charge is 0.323 e. The number of hydrogen-bond acceptors (Lipinski definition) is 2. The molecule has 2 nitrogen and oxygen atoms in total. The van der Waals surface area contributed by atoms with Gasteiger partial charge in [-0.15, -0.1) is 0 Å². The molecule has 0 fully saturated rings. The van der Waals surface area contributed by atoms with E-state index in [9.17, 15) is 0 Å². The lowest BCUT2D eigenvalue weighted by molar-refractivity contribution is 0.0550. The van der Waals surface area contributed by atoms with E-state index in [4.69, 9.17) is 23.2 Å². The predicted octanol–water partition coefficient (Wildman–Crippen LogP) is 3.76. The Morgan fingerprint density at radius 3 is 1.20 bits per heavy atom. The zero-order valence-corrected chi connectivity index (χ0v) is 11.8. The van der Waals surface area contributed by atoms with Crippen LogP contribution in [0.4, 0.5) is 0 Å². The van der Waals surface area contributed by atoms with Crippen molar-refractivity contribution in [1.82, 2.24) is 9.80 Å². The van der Waals surface area contributed by atoms with Gasteiger partial charge in [0.15, 0.2) is 0 Å². The molecule has 0 aromatic heterocycles. The third kappa shape index (κ3) is 2.36. The maximum absolute atomic E-state index is 6.42. The van der Waals surface area contributed by atoms with Gasteiger partial charge in [0.1, 0.15) is 0 Å². The van der Waals surface area contributed by atoms with E-state index >= 15 is 0 Å². The minimum absolute atomic E-state index is 0.0972. The molecule has 15 heavy (non-hydrogen) atoms. The van der Waals surface area contributed by atoms with Crippen molar-refractivity contribution in [2.75, 3.05) is 0 Å². The molecule has 1 rings (SSSR count). The maximum Gasteiger partial charge on any atom is 0.270 e. The molecule has 0 saturated carbocycles. The van der Waals surface area contributed by atoms with E-state index in [0.717, 1.165) is 0 Å². The van der Waals surface area contributed by atoms with E-state index in [1.807, 2.05) is 22.2 Å². The van der Waals surface area contributed by atoms with Crippen molar-refractivity contribution in [2.45, 2.75) is 57.2 Å². The standard InChI is InChI=1S/C11H20Cl2N2/c1-9(2,3)14-7-8-15(10(4,5)6)11(14,12)13/h7-8H,1-6H3. The molecule has 0 radical (unpaired) electrons. The molecule has 0 aliphatic carbocycles. The molecule has 0 spiro atoms. The summed E-state index contributed by atoms with van der Waals surface area (Å²) in [6.45, 7) is 12.5. The number of alkyl halides is 2. The Morgan fingerprint density at radius 1 is 0.800 bits per heavy atom. The second-order valence-electron chi connectivity index (χ2n) is 5.89. The van der Waals surface area contributed by atoms with Crippen molar-refractivity contribution in [3.05, 3.63) is 12.4 Å². The van der Waals surface area contributed by atoms with Gasteiger partial charge in [0, 0.05) is 23.5 Å². The normalized spacial score (nSPS) is 21.3. The Bertz CT molecular complexity index is 245. The molecular weight excluding hydrogens is 231 g/mol. The van der Waals surface area contributed by atoms with Crippen LogP contribution in [-0.2, 0) is 0 Å². The monoisotopic (exact) mass is 250 g/mol. The van der Waals surface area contributed by atoms with Crippen molar-refractivity contribution in [2.24, 2.45) is 0 Å². The first-order valence-corrected chi connectivity index (χ1v) is 5.88. The molecule has 0 saturated heterocycles. The van der Waals surface area contributed by atoms with E-state index in [-0.39, 0.29) is 11.1 Å². The molecule has 1 aliphatic rings. The van der Waals surface area contributed by atoms with Crippen LogP contribution in [0.25, 0.3) is 0 Å². The SMILES string of the molecule is CC(C)(C)N1C=CN(C(C)(C)C)C1(Cl)Cl. The highest BCUT2D eigenvalue weighted by Crippen LogP contribution is 2.44. The predicted molar refractivity (Wildman–Crippen MR) is 66.8 cm³/mol. The average Bonchev–Trinajstić information content (AvgIpc) is 2.21. The number of hydrogen-bond donors (Lipinski definition) is 0. The first-order chi connectivity index (χ1) is 6.47. The molecule has 0 N–H and O–H groups in total. The van der Waals surface area contributed by atoms with Gasteiger partial charge in [0.05, 0.1) is 0 Å². The summed E-state index contributed by atoms with van der Waals surface area (Å²) in [5, 5.41) is 0. The molecule has 0 bridgehead atoms. The van der Waals surface area contributed by atoms with Crippen LogP contribution in [0.1, 0.15) is 41.5 Å². The van der Waals surface area contributed by atoms with Crippen LogP contribution < -0.4 is 0 Å². The summed E-state index contributed by atoms with van der Waals surface area (Å²) in [7, 11) is 0. The van der Waals surface area contributed by atoms with Gasteiger partial charge in [-0.05, 0) is 41.5 Å². The third-order valence-electron chi connectivity index (χ3n) is 2.39. The number of rotatable bonds is 0. The zero-order valence-electron chi connectivity index (χ0n) is 10.3. The van der Waals surface area contributed by atoms with Gasteiger partial charge in [-0.25, -0.2) is 0 Å². The zero-order chi connectivity index (χ0) is 12.1. The second kappa shape index (κ2) is 3.46. The van der Waals surface area contributed by atoms with E-state index < -0.39 is 4.58 Å². The van der Waals surface area contributed by atoms with Crippen LogP contribution in [0, 0.1) is 0 Å². The van der Waals surface area contributed by atoms with E-state index in [1.54, 1.807) is 0 Å². The molecule has 4 heteroatoms. The topological polar surface area (TPSA) is 6.48 Å². The van der Waals surface area contributed by atoms with Gasteiger partial charge in [0.25, 0.3) is 4.58 Å². The minimum Gasteiger partial charge on any atom is -0.323 e. The van der Waals surface area contributed by atoms with Crippen LogP contribution in [-0.4, -0.2) is 25.5 Å². The lowest BCUT2D eigenvalue weighted by atomic mass is 10.1. The Hall–Kier alpha value is -0.0800. The van der Waals surface area contributed by atoms with Gasteiger partial charge in [-0.1, -0.05) is 23.2 Å². The lowest BCUT2D eigenvalue weighted by Crippen LogP contribution is -2.56. The van der Waals surface area contributed by atoms with Gasteiger partial charge >= 0.3 is 0 Å². The highest BCUT2D eigenvalue weighted by Gasteiger charge is 2.48. The molecule has 0 atom stereocenters. The molecule has 0 aromatic rings. The van der Waals surface area contributed by atoms with Crippen LogP contribution in [0.3, 0.4) is 0 Å². The molecule has 88 valence electrons. The van der Waals surface area contributed by atoms with Crippen molar-refractivity contribution in [3.63, 3.8) is 0 Å². The molecule has 1 heterocycles. The van der Waals surface area contributed by atoms with E-state index in [1.165, 1.54) is 0 Å². The van der Waals surface area contributed by atoms with Crippen LogP contribution in [0.5, 0.6) is 0 Å². The number of halogens is 2.